The van der Waals surface area contributed by atoms with Gasteiger partial charge < -0.3 is 4.57 Å². The Morgan fingerprint density at radius 3 is 2.71 bits per heavy atom. The lowest BCUT2D eigenvalue weighted by Gasteiger charge is -2.07. The largest absolute Gasteiger partial charge is 0.307 e. The van der Waals surface area contributed by atoms with Gasteiger partial charge in [0, 0.05) is 16.5 Å². The van der Waals surface area contributed by atoms with Crippen molar-refractivity contribution in [1.29, 1.82) is 0 Å². The zero-order valence-corrected chi connectivity index (χ0v) is 12.7. The minimum atomic E-state index is -0.106. The number of pyridine rings is 1. The molecule has 2 aromatic heterocycles. The highest BCUT2D eigenvalue weighted by Gasteiger charge is 2.10. The van der Waals surface area contributed by atoms with Crippen molar-refractivity contribution >= 4 is 27.2 Å². The predicted molar refractivity (Wildman–Crippen MR) is 86.3 cm³/mol. The zero-order chi connectivity index (χ0) is 15.0. The minimum Gasteiger partial charge on any atom is -0.307 e. The molecule has 0 atom stereocenters. The van der Waals surface area contributed by atoms with Crippen LogP contribution in [0.5, 0.6) is 0 Å². The maximum absolute atomic E-state index is 12.3. The lowest BCUT2D eigenvalue weighted by molar-refractivity contribution is 0.0971. The molecule has 3 nitrogen and oxygen atoms in total. The molecule has 0 aliphatic heterocycles. The number of fused-ring (bicyclic) bond motifs is 1. The highest BCUT2D eigenvalue weighted by atomic mass is 32.1. The second-order valence-corrected chi connectivity index (χ2v) is 6.12. The number of Topliss-reactive ketones (excluding diaryl/α,β-unsaturated/α-hetero) is 1. The molecule has 0 N–H and O–H groups in total. The lowest BCUT2D eigenvalue weighted by atomic mass is 10.0. The van der Waals surface area contributed by atoms with E-state index in [4.69, 9.17) is 0 Å². The number of benzene rings is 1. The number of nitrogens with zero attached hydrogens (tertiary/aromatic N) is 1. The summed E-state index contributed by atoms with van der Waals surface area (Å²) in [6.07, 6.45) is 1.69. The van der Waals surface area contributed by atoms with E-state index in [-0.39, 0.29) is 17.9 Å². The van der Waals surface area contributed by atoms with E-state index in [1.165, 1.54) is 15.9 Å². The Morgan fingerprint density at radius 2 is 1.95 bits per heavy atom. The van der Waals surface area contributed by atoms with Crippen LogP contribution in [-0.2, 0) is 6.54 Å². The van der Waals surface area contributed by atoms with Crippen LogP contribution in [0.1, 0.15) is 21.5 Å². The number of ketones is 1. The van der Waals surface area contributed by atoms with Crippen molar-refractivity contribution in [3.05, 3.63) is 69.0 Å². The number of hydrogen-bond acceptors (Lipinski definition) is 3. The summed E-state index contributed by atoms with van der Waals surface area (Å²) in [6.45, 7) is 4.07. The highest BCUT2D eigenvalue weighted by molar-refractivity contribution is 7.17. The summed E-state index contributed by atoms with van der Waals surface area (Å²) in [5.74, 6) is -0.0465. The third kappa shape index (κ3) is 2.54. The summed E-state index contributed by atoms with van der Waals surface area (Å²) in [5.41, 5.74) is 2.78. The first-order chi connectivity index (χ1) is 10.1. The number of aromatic nitrogens is 1. The molecule has 0 fully saturated rings. The second-order valence-electron chi connectivity index (χ2n) is 5.17. The molecule has 21 heavy (non-hydrogen) atoms. The predicted octanol–water partition coefficient (Wildman–Crippen LogP) is 3.56. The number of carbonyl (C=O) groups excluding carboxylic acids is 1. The van der Waals surface area contributed by atoms with Gasteiger partial charge >= 0.3 is 0 Å². The summed E-state index contributed by atoms with van der Waals surface area (Å²) < 4.78 is 2.43. The monoisotopic (exact) mass is 297 g/mol. The van der Waals surface area contributed by atoms with Gasteiger partial charge in [-0.2, -0.15) is 0 Å². The van der Waals surface area contributed by atoms with Gasteiger partial charge in [-0.25, -0.2) is 0 Å². The molecule has 1 aromatic carbocycles. The first kappa shape index (κ1) is 13.8. The van der Waals surface area contributed by atoms with E-state index in [2.05, 4.69) is 0 Å². The van der Waals surface area contributed by atoms with Crippen LogP contribution in [0.3, 0.4) is 0 Å². The summed E-state index contributed by atoms with van der Waals surface area (Å²) >= 11 is 1.53. The van der Waals surface area contributed by atoms with Gasteiger partial charge in [0.25, 0.3) is 5.56 Å². The molecule has 0 aliphatic rings. The van der Waals surface area contributed by atoms with Gasteiger partial charge in [-0.1, -0.05) is 12.1 Å². The van der Waals surface area contributed by atoms with Crippen LogP contribution in [-0.4, -0.2) is 10.4 Å². The van der Waals surface area contributed by atoms with Gasteiger partial charge in [0.1, 0.15) is 0 Å². The standard InChI is InChI=1S/C17H15NO2S/c1-11-3-4-13(9-12(11)2)15(19)10-18-7-5-16-14(17(18)20)6-8-21-16/h3-9H,10H2,1-2H3. The smallest absolute Gasteiger partial charge is 0.259 e. The number of rotatable bonds is 3. The molecule has 0 radical (unpaired) electrons. The minimum absolute atomic E-state index is 0.0465. The maximum atomic E-state index is 12.3. The first-order valence-corrected chi connectivity index (χ1v) is 7.61. The van der Waals surface area contributed by atoms with Crippen molar-refractivity contribution < 1.29 is 4.79 Å². The van der Waals surface area contributed by atoms with Crippen LogP contribution in [0, 0.1) is 13.8 Å². The summed E-state index contributed by atoms with van der Waals surface area (Å²) in [6, 6.07) is 9.33. The topological polar surface area (TPSA) is 39.1 Å². The van der Waals surface area contributed by atoms with E-state index in [1.807, 2.05) is 43.5 Å². The third-order valence-electron chi connectivity index (χ3n) is 3.74. The fourth-order valence-corrected chi connectivity index (χ4v) is 3.06. The van der Waals surface area contributed by atoms with E-state index >= 15 is 0 Å². The quantitative estimate of drug-likeness (QED) is 0.693. The SMILES string of the molecule is Cc1ccc(C(=O)Cn2ccc3sccc3c2=O)cc1C. The molecule has 0 amide bonds. The van der Waals surface area contributed by atoms with E-state index < -0.39 is 0 Å². The average molecular weight is 297 g/mol. The number of hydrogen-bond donors (Lipinski definition) is 0. The molecule has 0 spiro atoms. The molecule has 0 bridgehead atoms. The Morgan fingerprint density at radius 1 is 1.14 bits per heavy atom. The van der Waals surface area contributed by atoms with Crippen LogP contribution >= 0.6 is 11.3 Å². The van der Waals surface area contributed by atoms with Crippen LogP contribution in [0.4, 0.5) is 0 Å². The molecule has 2 heterocycles. The molecule has 0 saturated heterocycles. The van der Waals surface area contributed by atoms with Crippen molar-refractivity contribution in [3.8, 4) is 0 Å². The highest BCUT2D eigenvalue weighted by Crippen LogP contribution is 2.16. The lowest BCUT2D eigenvalue weighted by Crippen LogP contribution is -2.23. The van der Waals surface area contributed by atoms with Crippen LogP contribution in [0.25, 0.3) is 10.1 Å². The summed E-state index contributed by atoms with van der Waals surface area (Å²) in [5, 5.41) is 2.57. The van der Waals surface area contributed by atoms with Gasteiger partial charge in [-0.05, 0) is 48.6 Å². The van der Waals surface area contributed by atoms with E-state index in [1.54, 1.807) is 12.3 Å². The fourth-order valence-electron chi connectivity index (χ4n) is 2.29. The molecule has 0 saturated carbocycles. The van der Waals surface area contributed by atoms with Gasteiger partial charge in [0.15, 0.2) is 5.78 Å². The molecule has 4 heteroatoms. The molecular formula is C17H15NO2S. The zero-order valence-electron chi connectivity index (χ0n) is 11.9. The van der Waals surface area contributed by atoms with Crippen LogP contribution < -0.4 is 5.56 Å². The van der Waals surface area contributed by atoms with E-state index in [0.717, 1.165) is 15.8 Å². The van der Waals surface area contributed by atoms with Crippen LogP contribution in [0.15, 0.2) is 46.7 Å². The number of thiophene rings is 1. The van der Waals surface area contributed by atoms with Crippen LogP contribution in [0.2, 0.25) is 0 Å². The Balaban J connectivity index is 1.94. The van der Waals surface area contributed by atoms with E-state index in [0.29, 0.717) is 10.9 Å². The van der Waals surface area contributed by atoms with Gasteiger partial charge in [-0.15, -0.1) is 11.3 Å². The first-order valence-electron chi connectivity index (χ1n) is 6.73. The molecule has 3 aromatic rings. The molecule has 0 unspecified atom stereocenters. The van der Waals surface area contributed by atoms with Crippen molar-refractivity contribution in [1.82, 2.24) is 4.57 Å². The molecule has 3 rings (SSSR count). The fraction of sp³-hybridized carbons (Fsp3) is 0.176. The van der Waals surface area contributed by atoms with Crippen molar-refractivity contribution in [2.24, 2.45) is 0 Å². The maximum Gasteiger partial charge on any atom is 0.259 e. The second kappa shape index (κ2) is 5.30. The van der Waals surface area contributed by atoms with Crippen molar-refractivity contribution in [3.63, 3.8) is 0 Å². The molecular weight excluding hydrogens is 282 g/mol. The van der Waals surface area contributed by atoms with Crippen molar-refractivity contribution in [2.45, 2.75) is 20.4 Å². The normalized spacial score (nSPS) is 11.0. The Kier molecular flexibility index (Phi) is 3.47. The Labute approximate surface area is 126 Å². The molecule has 0 aliphatic carbocycles. The van der Waals surface area contributed by atoms with Gasteiger partial charge in [-0.3, -0.25) is 9.59 Å². The van der Waals surface area contributed by atoms with E-state index in [9.17, 15) is 9.59 Å². The Bertz CT molecular complexity index is 889. The summed E-state index contributed by atoms with van der Waals surface area (Å²) in [4.78, 5) is 24.6. The Hall–Kier alpha value is -2.20. The average Bonchev–Trinajstić information content (AvgIpc) is 2.94. The van der Waals surface area contributed by atoms with Crippen molar-refractivity contribution in [2.75, 3.05) is 0 Å². The number of carbonyl (C=O) groups is 1. The number of aryl methyl sites for hydroxylation is 2. The summed E-state index contributed by atoms with van der Waals surface area (Å²) in [7, 11) is 0. The molecule has 106 valence electrons. The third-order valence-corrected chi connectivity index (χ3v) is 4.62. The van der Waals surface area contributed by atoms with Gasteiger partial charge in [0.2, 0.25) is 0 Å². The van der Waals surface area contributed by atoms with Gasteiger partial charge in [0.05, 0.1) is 11.9 Å².